The fraction of sp³-hybridized carbons (Fsp3) is 0.435. The molecule has 4 nitrogen and oxygen atoms in total. The molecule has 0 radical (unpaired) electrons. The molecule has 2 aliphatic heterocycles. The average molecular weight is 363 g/mol. The highest BCUT2D eigenvalue weighted by atomic mass is 16.8. The van der Waals surface area contributed by atoms with Gasteiger partial charge in [0.25, 0.3) is 5.91 Å². The molecule has 0 N–H and O–H groups in total. The molecule has 0 bridgehead atoms. The van der Waals surface area contributed by atoms with Crippen LogP contribution >= 0.6 is 0 Å². The van der Waals surface area contributed by atoms with Crippen LogP contribution in [0, 0.1) is 5.92 Å². The van der Waals surface area contributed by atoms with Crippen LogP contribution in [-0.4, -0.2) is 29.9 Å². The number of benzene rings is 2. The van der Waals surface area contributed by atoms with Gasteiger partial charge in [0.2, 0.25) is 0 Å². The van der Waals surface area contributed by atoms with E-state index in [2.05, 4.69) is 36.4 Å². The molecule has 0 spiro atoms. The number of amides is 1. The smallest absolute Gasteiger partial charge is 0.256 e. The molecule has 1 amide bonds. The fourth-order valence-corrected chi connectivity index (χ4v) is 5.45. The van der Waals surface area contributed by atoms with Gasteiger partial charge in [-0.3, -0.25) is 4.79 Å². The van der Waals surface area contributed by atoms with E-state index in [0.29, 0.717) is 0 Å². The number of β-lactam (4-membered cyclic amide) rings is 1. The van der Waals surface area contributed by atoms with Crippen molar-refractivity contribution >= 4 is 5.91 Å². The molecule has 140 valence electrons. The van der Waals surface area contributed by atoms with Crippen LogP contribution in [0.15, 0.2) is 60.7 Å². The van der Waals surface area contributed by atoms with Gasteiger partial charge in [-0.2, -0.15) is 0 Å². The molecule has 5 unspecified atom stereocenters. The number of hydrogen-bond donors (Lipinski definition) is 0. The molecule has 1 aliphatic carbocycles. The number of nitrogens with zero attached hydrogens (tertiary/aromatic N) is 1. The van der Waals surface area contributed by atoms with Crippen molar-refractivity contribution in [1.82, 2.24) is 5.06 Å². The Labute approximate surface area is 160 Å². The Bertz CT molecular complexity index is 824. The third kappa shape index (κ3) is 2.47. The lowest BCUT2D eigenvalue weighted by atomic mass is 9.62. The van der Waals surface area contributed by atoms with Crippen LogP contribution in [0.3, 0.4) is 0 Å². The van der Waals surface area contributed by atoms with E-state index in [1.807, 2.05) is 24.3 Å². The Kier molecular flexibility index (Phi) is 4.06. The summed E-state index contributed by atoms with van der Waals surface area (Å²) in [5.41, 5.74) is 2.35. The summed E-state index contributed by atoms with van der Waals surface area (Å²) in [5.74, 6) is -0.324. The number of methoxy groups -OCH3 is 1. The number of carbonyl (C=O) groups is 1. The number of hydrogen-bond acceptors (Lipinski definition) is 3. The predicted molar refractivity (Wildman–Crippen MR) is 102 cm³/mol. The van der Waals surface area contributed by atoms with Crippen LogP contribution in [-0.2, 0) is 14.4 Å². The lowest BCUT2D eigenvalue weighted by molar-refractivity contribution is -0.410. The topological polar surface area (TPSA) is 38.8 Å². The maximum Gasteiger partial charge on any atom is 0.256 e. The van der Waals surface area contributed by atoms with Gasteiger partial charge in [0.05, 0.1) is 12.0 Å². The second-order valence-electron chi connectivity index (χ2n) is 7.94. The molecule has 3 fully saturated rings. The first-order valence-electron chi connectivity index (χ1n) is 9.92. The zero-order valence-corrected chi connectivity index (χ0v) is 15.6. The Hall–Kier alpha value is -2.17. The summed E-state index contributed by atoms with van der Waals surface area (Å²) in [4.78, 5) is 19.4. The van der Waals surface area contributed by atoms with Gasteiger partial charge in [0.15, 0.2) is 5.79 Å². The average Bonchev–Trinajstić information content (AvgIpc) is 2.74. The van der Waals surface area contributed by atoms with Gasteiger partial charge in [-0.15, -0.1) is 0 Å². The van der Waals surface area contributed by atoms with Crippen molar-refractivity contribution in [3.63, 3.8) is 0 Å². The Morgan fingerprint density at radius 3 is 2.33 bits per heavy atom. The van der Waals surface area contributed by atoms with Gasteiger partial charge in [-0.25, -0.2) is 9.90 Å². The van der Waals surface area contributed by atoms with E-state index >= 15 is 0 Å². The van der Waals surface area contributed by atoms with E-state index in [4.69, 9.17) is 9.57 Å². The quantitative estimate of drug-likeness (QED) is 0.766. The second kappa shape index (κ2) is 6.47. The minimum absolute atomic E-state index is 0.0219. The van der Waals surface area contributed by atoms with Gasteiger partial charge < -0.3 is 4.74 Å². The van der Waals surface area contributed by atoms with Gasteiger partial charge in [0.1, 0.15) is 0 Å². The molecule has 0 aromatic heterocycles. The molecule has 1 saturated carbocycles. The molecule has 4 heteroatoms. The summed E-state index contributed by atoms with van der Waals surface area (Å²) < 4.78 is 5.96. The molecular formula is C23H25NO3. The largest absolute Gasteiger partial charge is 0.351 e. The zero-order valence-electron chi connectivity index (χ0n) is 15.6. The first-order valence-corrected chi connectivity index (χ1v) is 9.92. The fourth-order valence-electron chi connectivity index (χ4n) is 5.45. The molecule has 27 heavy (non-hydrogen) atoms. The van der Waals surface area contributed by atoms with E-state index in [1.54, 1.807) is 12.2 Å². The number of hydroxylamine groups is 2. The van der Waals surface area contributed by atoms with Crippen molar-refractivity contribution in [3.05, 3.63) is 71.8 Å². The predicted octanol–water partition coefficient (Wildman–Crippen LogP) is 4.24. The number of ether oxygens (including phenoxy) is 1. The van der Waals surface area contributed by atoms with E-state index in [9.17, 15) is 4.79 Å². The highest BCUT2D eigenvalue weighted by Gasteiger charge is 2.65. The second-order valence-corrected chi connectivity index (χ2v) is 7.94. The standard InChI is InChI=1S/C23H25NO3/c1-26-23-15-9-8-14-18(23)19(16-10-4-2-5-11-16)21-20(22(25)24(21)27-23)17-12-6-3-7-13-17/h2-7,10-13,18-21H,8-9,14-15H2,1H3. The van der Waals surface area contributed by atoms with Crippen molar-refractivity contribution in [2.75, 3.05) is 7.11 Å². The molecule has 2 heterocycles. The molecule has 5 atom stereocenters. The molecule has 2 saturated heterocycles. The number of carbonyl (C=O) groups excluding carboxylic acids is 1. The minimum atomic E-state index is -0.688. The Balaban J connectivity index is 1.61. The summed E-state index contributed by atoms with van der Waals surface area (Å²) in [6, 6.07) is 20.7. The van der Waals surface area contributed by atoms with Crippen LogP contribution in [0.25, 0.3) is 0 Å². The summed E-state index contributed by atoms with van der Waals surface area (Å²) >= 11 is 0. The summed E-state index contributed by atoms with van der Waals surface area (Å²) in [6.07, 6.45) is 4.15. The van der Waals surface area contributed by atoms with Gasteiger partial charge >= 0.3 is 0 Å². The summed E-state index contributed by atoms with van der Waals surface area (Å²) in [7, 11) is 1.72. The van der Waals surface area contributed by atoms with Crippen molar-refractivity contribution in [2.45, 2.75) is 49.3 Å². The summed E-state index contributed by atoms with van der Waals surface area (Å²) in [5, 5.41) is 1.63. The van der Waals surface area contributed by atoms with Crippen LogP contribution in [0.1, 0.15) is 48.6 Å². The third-order valence-electron chi connectivity index (χ3n) is 6.69. The van der Waals surface area contributed by atoms with Crippen LogP contribution in [0.4, 0.5) is 0 Å². The van der Waals surface area contributed by atoms with Crippen LogP contribution in [0.5, 0.6) is 0 Å². The van der Waals surface area contributed by atoms with Gasteiger partial charge in [-0.05, 0) is 24.0 Å². The maximum atomic E-state index is 13.1. The van der Waals surface area contributed by atoms with Crippen molar-refractivity contribution in [3.8, 4) is 0 Å². The zero-order chi connectivity index (χ0) is 18.4. The Morgan fingerprint density at radius 1 is 1.00 bits per heavy atom. The SMILES string of the molecule is COC12CCCCC1C(c1ccccc1)C1C(c3ccccc3)C(=O)N1O2. The molecule has 5 rings (SSSR count). The molecule has 3 aliphatic rings. The maximum absolute atomic E-state index is 13.1. The summed E-state index contributed by atoms with van der Waals surface area (Å²) in [6.45, 7) is 0. The van der Waals surface area contributed by atoms with E-state index in [-0.39, 0.29) is 29.7 Å². The van der Waals surface area contributed by atoms with Crippen molar-refractivity contribution in [1.29, 1.82) is 0 Å². The lowest BCUT2D eigenvalue weighted by Gasteiger charge is -2.61. The van der Waals surface area contributed by atoms with E-state index < -0.39 is 5.79 Å². The van der Waals surface area contributed by atoms with Gasteiger partial charge in [0, 0.05) is 25.4 Å². The molecule has 2 aromatic rings. The number of fused-ring (bicyclic) bond motifs is 2. The van der Waals surface area contributed by atoms with Crippen LogP contribution in [0.2, 0.25) is 0 Å². The lowest BCUT2D eigenvalue weighted by Crippen LogP contribution is -2.71. The molecular weight excluding hydrogens is 338 g/mol. The first kappa shape index (κ1) is 17.0. The normalized spacial score (nSPS) is 35.1. The van der Waals surface area contributed by atoms with Crippen molar-refractivity contribution < 1.29 is 14.4 Å². The highest BCUT2D eigenvalue weighted by Crippen LogP contribution is 2.58. The monoisotopic (exact) mass is 363 g/mol. The van der Waals surface area contributed by atoms with Gasteiger partial charge in [-0.1, -0.05) is 67.1 Å². The molecule has 2 aromatic carbocycles. The van der Waals surface area contributed by atoms with Crippen molar-refractivity contribution in [2.24, 2.45) is 5.92 Å². The number of rotatable bonds is 3. The Morgan fingerprint density at radius 2 is 1.67 bits per heavy atom. The van der Waals surface area contributed by atoms with Crippen LogP contribution < -0.4 is 0 Å². The first-order chi connectivity index (χ1) is 13.2. The minimum Gasteiger partial charge on any atom is -0.351 e. The highest BCUT2D eigenvalue weighted by molar-refractivity contribution is 5.90. The van der Waals surface area contributed by atoms with E-state index in [1.165, 1.54) is 12.0 Å². The third-order valence-corrected chi connectivity index (χ3v) is 6.69. The van der Waals surface area contributed by atoms with E-state index in [0.717, 1.165) is 24.8 Å².